The number of hydrogen-bond donors (Lipinski definition) is 1. The van der Waals surface area contributed by atoms with Crippen LogP contribution >= 0.6 is 15.9 Å². The van der Waals surface area contributed by atoms with Crippen LogP contribution in [0, 0.1) is 0 Å². The highest BCUT2D eigenvalue weighted by atomic mass is 79.9. The van der Waals surface area contributed by atoms with Gasteiger partial charge in [0.25, 0.3) is 0 Å². The van der Waals surface area contributed by atoms with Gasteiger partial charge in [-0.2, -0.15) is 0 Å². The van der Waals surface area contributed by atoms with Crippen molar-refractivity contribution in [3.8, 4) is 11.5 Å². The third kappa shape index (κ3) is 2.37. The van der Waals surface area contributed by atoms with E-state index >= 15 is 0 Å². The van der Waals surface area contributed by atoms with Gasteiger partial charge in [-0.25, -0.2) is 0 Å². The highest BCUT2D eigenvalue weighted by Gasteiger charge is 2.39. The van der Waals surface area contributed by atoms with Crippen LogP contribution in [0.25, 0.3) is 0 Å². The number of halogens is 1. The Morgan fingerprint density at radius 1 is 1.39 bits per heavy atom. The van der Waals surface area contributed by atoms with Gasteiger partial charge in [0, 0.05) is 15.6 Å². The first-order valence-corrected chi connectivity index (χ1v) is 6.51. The Balaban J connectivity index is 2.51. The molecular formula is C13H16BrNO3. The molecule has 18 heavy (non-hydrogen) atoms. The first-order valence-electron chi connectivity index (χ1n) is 5.72. The van der Waals surface area contributed by atoms with E-state index in [2.05, 4.69) is 15.9 Å². The maximum absolute atomic E-state index is 11.1. The Bertz CT molecular complexity index is 484. The van der Waals surface area contributed by atoms with Crippen LogP contribution in [0.2, 0.25) is 0 Å². The summed E-state index contributed by atoms with van der Waals surface area (Å²) in [5, 5.41) is 0. The van der Waals surface area contributed by atoms with E-state index in [0.717, 1.165) is 31.1 Å². The molecule has 0 radical (unpaired) electrons. The first kappa shape index (κ1) is 13.4. The molecule has 0 aliphatic heterocycles. The van der Waals surface area contributed by atoms with E-state index in [9.17, 15) is 4.79 Å². The zero-order valence-electron chi connectivity index (χ0n) is 10.5. The number of carbonyl (C=O) groups is 1. The van der Waals surface area contributed by atoms with Crippen LogP contribution in [0.4, 0.5) is 0 Å². The Morgan fingerprint density at radius 2 is 2.00 bits per heavy atom. The summed E-state index contributed by atoms with van der Waals surface area (Å²) in [5.74, 6) is 1.06. The minimum Gasteiger partial charge on any atom is -0.493 e. The molecule has 1 fully saturated rings. The first-order chi connectivity index (χ1) is 8.54. The minimum atomic E-state index is -0.125. The van der Waals surface area contributed by atoms with Crippen LogP contribution in [0.15, 0.2) is 10.5 Å². The van der Waals surface area contributed by atoms with Crippen molar-refractivity contribution in [3.05, 3.63) is 21.7 Å². The van der Waals surface area contributed by atoms with Crippen molar-refractivity contribution in [1.82, 2.24) is 0 Å². The Kier molecular flexibility index (Phi) is 3.64. The summed E-state index contributed by atoms with van der Waals surface area (Å²) >= 11 is 3.38. The smallest absolute Gasteiger partial charge is 0.172 e. The van der Waals surface area contributed by atoms with E-state index in [4.69, 9.17) is 15.2 Å². The second-order valence-corrected chi connectivity index (χ2v) is 5.51. The Labute approximate surface area is 115 Å². The van der Waals surface area contributed by atoms with E-state index < -0.39 is 0 Å². The minimum absolute atomic E-state index is 0.125. The van der Waals surface area contributed by atoms with Crippen molar-refractivity contribution in [2.24, 2.45) is 5.73 Å². The molecule has 0 saturated heterocycles. The number of benzene rings is 1. The van der Waals surface area contributed by atoms with E-state index in [1.54, 1.807) is 7.11 Å². The number of nitrogens with two attached hydrogens (primary N) is 1. The summed E-state index contributed by atoms with van der Waals surface area (Å²) in [6.45, 7) is 0. The summed E-state index contributed by atoms with van der Waals surface area (Å²) in [5.41, 5.74) is 7.43. The summed E-state index contributed by atoms with van der Waals surface area (Å²) in [6, 6.07) is 1.89. The molecule has 1 aromatic carbocycles. The van der Waals surface area contributed by atoms with Crippen LogP contribution in [0.3, 0.4) is 0 Å². The Morgan fingerprint density at radius 3 is 2.44 bits per heavy atom. The summed E-state index contributed by atoms with van der Waals surface area (Å²) in [7, 11) is 3.09. The lowest BCUT2D eigenvalue weighted by Crippen LogP contribution is -2.25. The van der Waals surface area contributed by atoms with Gasteiger partial charge < -0.3 is 15.2 Å². The molecule has 2 rings (SSSR count). The van der Waals surface area contributed by atoms with Crippen LogP contribution in [0.5, 0.6) is 11.5 Å². The monoisotopic (exact) mass is 313 g/mol. The van der Waals surface area contributed by atoms with Gasteiger partial charge in [0.2, 0.25) is 0 Å². The van der Waals surface area contributed by atoms with E-state index in [0.29, 0.717) is 21.5 Å². The molecule has 98 valence electrons. The molecule has 0 unspecified atom stereocenters. The molecule has 4 nitrogen and oxygen atoms in total. The van der Waals surface area contributed by atoms with Crippen LogP contribution < -0.4 is 15.2 Å². The van der Waals surface area contributed by atoms with Gasteiger partial charge in [-0.3, -0.25) is 4.79 Å². The number of rotatable bonds is 5. The molecule has 5 heteroatoms. The van der Waals surface area contributed by atoms with Crippen LogP contribution in [0.1, 0.15) is 28.8 Å². The molecule has 1 aliphatic rings. The Hall–Kier alpha value is -1.07. The molecule has 0 amide bonds. The largest absolute Gasteiger partial charge is 0.493 e. The van der Waals surface area contributed by atoms with Crippen molar-refractivity contribution >= 4 is 22.2 Å². The normalized spacial score (nSPS) is 16.2. The fourth-order valence-corrected chi connectivity index (χ4v) is 2.61. The SMILES string of the molecule is COc1c(CC2(N)CC2)cc(Br)c(C=O)c1OC. The van der Waals surface area contributed by atoms with Crippen molar-refractivity contribution in [3.63, 3.8) is 0 Å². The topological polar surface area (TPSA) is 61.5 Å². The third-order valence-corrected chi connectivity index (χ3v) is 3.92. The number of hydrogen-bond acceptors (Lipinski definition) is 4. The summed E-state index contributed by atoms with van der Waals surface area (Å²) in [4.78, 5) is 11.1. The fraction of sp³-hybridized carbons (Fsp3) is 0.462. The standard InChI is InChI=1S/C13H16BrNO3/c1-17-11-8(6-13(15)3-4-13)5-10(14)9(7-16)12(11)18-2/h5,7H,3-4,6,15H2,1-2H3. The van der Waals surface area contributed by atoms with Gasteiger partial charge in [0.15, 0.2) is 17.8 Å². The maximum Gasteiger partial charge on any atom is 0.172 e. The molecule has 0 heterocycles. The second kappa shape index (κ2) is 4.90. The molecule has 2 N–H and O–H groups in total. The predicted octanol–water partition coefficient (Wildman–Crippen LogP) is 2.31. The van der Waals surface area contributed by atoms with E-state index in [-0.39, 0.29) is 5.54 Å². The number of methoxy groups -OCH3 is 2. The molecular weight excluding hydrogens is 298 g/mol. The number of carbonyl (C=O) groups excluding carboxylic acids is 1. The zero-order chi connectivity index (χ0) is 13.3. The lowest BCUT2D eigenvalue weighted by molar-refractivity contribution is 0.111. The van der Waals surface area contributed by atoms with Crippen LogP contribution in [-0.2, 0) is 6.42 Å². The molecule has 0 atom stereocenters. The van der Waals surface area contributed by atoms with Gasteiger partial charge in [0.1, 0.15) is 0 Å². The van der Waals surface area contributed by atoms with Crippen molar-refractivity contribution in [1.29, 1.82) is 0 Å². The second-order valence-electron chi connectivity index (χ2n) is 4.65. The van der Waals surface area contributed by atoms with E-state index in [1.807, 2.05) is 6.07 Å². The lowest BCUT2D eigenvalue weighted by atomic mass is 10.0. The molecule has 0 spiro atoms. The summed E-state index contributed by atoms with van der Waals surface area (Å²) in [6.07, 6.45) is 3.52. The quantitative estimate of drug-likeness (QED) is 0.847. The average molecular weight is 314 g/mol. The van der Waals surface area contributed by atoms with Crippen molar-refractivity contribution in [2.75, 3.05) is 14.2 Å². The van der Waals surface area contributed by atoms with Gasteiger partial charge in [-0.15, -0.1) is 0 Å². The summed E-state index contributed by atoms with van der Waals surface area (Å²) < 4.78 is 11.4. The zero-order valence-corrected chi connectivity index (χ0v) is 12.0. The van der Waals surface area contributed by atoms with Gasteiger partial charge in [0.05, 0.1) is 19.8 Å². The molecule has 1 aromatic rings. The molecule has 1 saturated carbocycles. The fourth-order valence-electron chi connectivity index (χ4n) is 2.06. The average Bonchev–Trinajstić information content (AvgIpc) is 3.06. The van der Waals surface area contributed by atoms with Gasteiger partial charge >= 0.3 is 0 Å². The predicted molar refractivity (Wildman–Crippen MR) is 72.5 cm³/mol. The van der Waals surface area contributed by atoms with Crippen LogP contribution in [-0.4, -0.2) is 26.0 Å². The van der Waals surface area contributed by atoms with Gasteiger partial charge in [-0.05, 0) is 41.3 Å². The number of aldehydes is 1. The third-order valence-electron chi connectivity index (χ3n) is 3.26. The highest BCUT2D eigenvalue weighted by Crippen LogP contribution is 2.43. The van der Waals surface area contributed by atoms with Crippen molar-refractivity contribution < 1.29 is 14.3 Å². The number of ether oxygens (including phenoxy) is 2. The van der Waals surface area contributed by atoms with Gasteiger partial charge in [-0.1, -0.05) is 0 Å². The van der Waals surface area contributed by atoms with E-state index in [1.165, 1.54) is 7.11 Å². The highest BCUT2D eigenvalue weighted by molar-refractivity contribution is 9.10. The maximum atomic E-state index is 11.1. The molecule has 0 aromatic heterocycles. The molecule has 0 bridgehead atoms. The molecule has 1 aliphatic carbocycles. The lowest BCUT2D eigenvalue weighted by Gasteiger charge is -2.18. The van der Waals surface area contributed by atoms with Crippen molar-refractivity contribution in [2.45, 2.75) is 24.8 Å².